The second-order valence-electron chi connectivity index (χ2n) is 5.73. The van der Waals surface area contributed by atoms with Crippen molar-refractivity contribution in [3.8, 4) is 0 Å². The van der Waals surface area contributed by atoms with Crippen LogP contribution in [0.25, 0.3) is 0 Å². The standard InChI is InChI=1S/C14H24N4OS/c1-4-15-14-12(16-17-20-14)9-18-8-7-11(10(2)3)5-6-13(18)19/h10-11,15H,4-9H2,1-3H3. The van der Waals surface area contributed by atoms with Gasteiger partial charge in [0.25, 0.3) is 0 Å². The molecule has 2 rings (SSSR count). The molecule has 6 heteroatoms. The summed E-state index contributed by atoms with van der Waals surface area (Å²) in [5.74, 6) is 1.57. The number of nitrogens with one attached hydrogen (secondary N) is 1. The third-order valence-corrected chi connectivity index (χ3v) is 4.75. The smallest absolute Gasteiger partial charge is 0.222 e. The molecule has 5 nitrogen and oxygen atoms in total. The minimum atomic E-state index is 0.253. The van der Waals surface area contributed by atoms with E-state index in [0.29, 0.717) is 24.8 Å². The number of carbonyl (C=O) groups excluding carboxylic acids is 1. The number of rotatable bonds is 5. The highest BCUT2D eigenvalue weighted by molar-refractivity contribution is 7.10. The molecule has 20 heavy (non-hydrogen) atoms. The predicted octanol–water partition coefficient (Wildman–Crippen LogP) is 2.75. The van der Waals surface area contributed by atoms with E-state index in [9.17, 15) is 4.79 Å². The van der Waals surface area contributed by atoms with E-state index in [1.807, 2.05) is 11.8 Å². The van der Waals surface area contributed by atoms with Crippen molar-refractivity contribution in [3.63, 3.8) is 0 Å². The summed E-state index contributed by atoms with van der Waals surface area (Å²) in [6, 6.07) is 0. The molecule has 0 bridgehead atoms. The molecule has 1 aliphatic heterocycles. The second kappa shape index (κ2) is 7.02. The first-order chi connectivity index (χ1) is 9.61. The molecular formula is C14H24N4OS. The number of hydrogen-bond acceptors (Lipinski definition) is 5. The molecule has 1 fully saturated rings. The predicted molar refractivity (Wildman–Crippen MR) is 81.7 cm³/mol. The van der Waals surface area contributed by atoms with E-state index >= 15 is 0 Å². The molecule has 1 atom stereocenters. The fourth-order valence-corrected chi connectivity index (χ4v) is 3.32. The zero-order valence-corrected chi connectivity index (χ0v) is 13.4. The number of likely N-dealkylation sites (tertiary alicyclic amines) is 1. The van der Waals surface area contributed by atoms with Gasteiger partial charge >= 0.3 is 0 Å². The Kier molecular flexibility index (Phi) is 5.34. The molecule has 0 spiro atoms. The van der Waals surface area contributed by atoms with E-state index in [1.54, 1.807) is 0 Å². The average Bonchev–Trinajstić information content (AvgIpc) is 2.75. The molecule has 1 saturated heterocycles. The van der Waals surface area contributed by atoms with E-state index in [1.165, 1.54) is 11.5 Å². The van der Waals surface area contributed by atoms with Crippen molar-refractivity contribution < 1.29 is 4.79 Å². The van der Waals surface area contributed by atoms with E-state index in [2.05, 4.69) is 28.8 Å². The topological polar surface area (TPSA) is 58.1 Å². The maximum Gasteiger partial charge on any atom is 0.222 e. The monoisotopic (exact) mass is 296 g/mol. The summed E-state index contributed by atoms with van der Waals surface area (Å²) >= 11 is 1.36. The van der Waals surface area contributed by atoms with E-state index < -0.39 is 0 Å². The Bertz CT molecular complexity index is 446. The summed E-state index contributed by atoms with van der Waals surface area (Å²) in [5, 5.41) is 8.41. The molecular weight excluding hydrogens is 272 g/mol. The molecule has 1 unspecified atom stereocenters. The summed E-state index contributed by atoms with van der Waals surface area (Å²) in [4.78, 5) is 14.2. The maximum absolute atomic E-state index is 12.2. The van der Waals surface area contributed by atoms with Gasteiger partial charge < -0.3 is 10.2 Å². The van der Waals surface area contributed by atoms with E-state index in [4.69, 9.17) is 0 Å². The first-order valence-corrected chi connectivity index (χ1v) is 8.22. The Morgan fingerprint density at radius 1 is 1.45 bits per heavy atom. The fraction of sp³-hybridized carbons (Fsp3) is 0.786. The SMILES string of the molecule is CCNc1snnc1CN1CCC(C(C)C)CCC1=O. The van der Waals surface area contributed by atoms with Crippen LogP contribution >= 0.6 is 11.5 Å². The molecule has 112 valence electrons. The zero-order chi connectivity index (χ0) is 14.5. The number of anilines is 1. The van der Waals surface area contributed by atoms with Gasteiger partial charge in [0, 0.05) is 31.0 Å². The van der Waals surface area contributed by atoms with Crippen LogP contribution in [0.5, 0.6) is 0 Å². The number of nitrogens with zero attached hydrogens (tertiary/aromatic N) is 3. The maximum atomic E-state index is 12.2. The third kappa shape index (κ3) is 3.69. The van der Waals surface area contributed by atoms with Gasteiger partial charge in [0.2, 0.25) is 5.91 Å². The summed E-state index contributed by atoms with van der Waals surface area (Å²) < 4.78 is 3.99. The van der Waals surface area contributed by atoms with Crippen molar-refractivity contribution in [2.75, 3.05) is 18.4 Å². The minimum Gasteiger partial charge on any atom is -0.374 e. The lowest BCUT2D eigenvalue weighted by molar-refractivity contribution is -0.131. The third-order valence-electron chi connectivity index (χ3n) is 4.03. The average molecular weight is 296 g/mol. The van der Waals surface area contributed by atoms with Crippen LogP contribution in [-0.2, 0) is 11.3 Å². The Morgan fingerprint density at radius 3 is 2.95 bits per heavy atom. The van der Waals surface area contributed by atoms with Crippen molar-refractivity contribution in [1.82, 2.24) is 14.5 Å². The van der Waals surface area contributed by atoms with Crippen LogP contribution in [0.2, 0.25) is 0 Å². The lowest BCUT2D eigenvalue weighted by atomic mass is 9.89. The number of carbonyl (C=O) groups is 1. The van der Waals surface area contributed by atoms with Gasteiger partial charge in [-0.25, -0.2) is 0 Å². The molecule has 1 amide bonds. The molecule has 1 aliphatic rings. The summed E-state index contributed by atoms with van der Waals surface area (Å²) in [7, 11) is 0. The highest BCUT2D eigenvalue weighted by Crippen LogP contribution is 2.27. The van der Waals surface area contributed by atoms with Crippen LogP contribution in [0.3, 0.4) is 0 Å². The Labute approximate surface area is 124 Å². The van der Waals surface area contributed by atoms with Crippen molar-refractivity contribution >= 4 is 22.4 Å². The van der Waals surface area contributed by atoms with Crippen molar-refractivity contribution in [2.24, 2.45) is 11.8 Å². The van der Waals surface area contributed by atoms with Crippen LogP contribution in [0.4, 0.5) is 5.00 Å². The molecule has 0 aromatic carbocycles. The van der Waals surface area contributed by atoms with E-state index in [0.717, 1.165) is 36.6 Å². The largest absolute Gasteiger partial charge is 0.374 e. The first-order valence-electron chi connectivity index (χ1n) is 7.44. The molecule has 1 N–H and O–H groups in total. The highest BCUT2D eigenvalue weighted by atomic mass is 32.1. The lowest BCUT2D eigenvalue weighted by Crippen LogP contribution is -2.30. The first kappa shape index (κ1) is 15.2. The van der Waals surface area contributed by atoms with Crippen LogP contribution in [0, 0.1) is 11.8 Å². The summed E-state index contributed by atoms with van der Waals surface area (Å²) in [6.07, 6.45) is 2.77. The van der Waals surface area contributed by atoms with Crippen molar-refractivity contribution in [3.05, 3.63) is 5.69 Å². The Balaban J connectivity index is 2.01. The molecule has 1 aromatic heterocycles. The van der Waals surface area contributed by atoms with Gasteiger partial charge in [0.1, 0.15) is 10.7 Å². The van der Waals surface area contributed by atoms with Crippen LogP contribution < -0.4 is 5.32 Å². The van der Waals surface area contributed by atoms with Crippen LogP contribution in [0.15, 0.2) is 0 Å². The van der Waals surface area contributed by atoms with E-state index in [-0.39, 0.29) is 5.91 Å². The van der Waals surface area contributed by atoms with Crippen LogP contribution in [-0.4, -0.2) is 33.5 Å². The quantitative estimate of drug-likeness (QED) is 0.907. The fourth-order valence-electron chi connectivity index (χ4n) is 2.68. The normalized spacial score (nSPS) is 20.3. The number of aromatic nitrogens is 2. The second-order valence-corrected chi connectivity index (χ2v) is 6.48. The van der Waals surface area contributed by atoms with Gasteiger partial charge in [-0.05, 0) is 31.6 Å². The van der Waals surface area contributed by atoms with Gasteiger partial charge in [-0.3, -0.25) is 4.79 Å². The molecule has 0 aliphatic carbocycles. The Hall–Kier alpha value is -1.17. The van der Waals surface area contributed by atoms with Crippen molar-refractivity contribution in [2.45, 2.75) is 46.6 Å². The van der Waals surface area contributed by atoms with Gasteiger partial charge in [0.15, 0.2) is 0 Å². The molecule has 0 saturated carbocycles. The molecule has 2 heterocycles. The summed E-state index contributed by atoms with van der Waals surface area (Å²) in [5.41, 5.74) is 0.896. The van der Waals surface area contributed by atoms with Gasteiger partial charge in [0.05, 0.1) is 6.54 Å². The highest BCUT2D eigenvalue weighted by Gasteiger charge is 2.25. The zero-order valence-electron chi connectivity index (χ0n) is 12.6. The summed E-state index contributed by atoms with van der Waals surface area (Å²) in [6.45, 7) is 8.82. The van der Waals surface area contributed by atoms with Crippen LogP contribution in [0.1, 0.15) is 45.7 Å². The van der Waals surface area contributed by atoms with Gasteiger partial charge in [-0.15, -0.1) is 5.10 Å². The minimum absolute atomic E-state index is 0.253. The number of hydrogen-bond donors (Lipinski definition) is 1. The van der Waals surface area contributed by atoms with Crippen molar-refractivity contribution in [1.29, 1.82) is 0 Å². The molecule has 1 aromatic rings. The van der Waals surface area contributed by atoms with Gasteiger partial charge in [-0.1, -0.05) is 18.3 Å². The van der Waals surface area contributed by atoms with Gasteiger partial charge in [-0.2, -0.15) is 0 Å². The lowest BCUT2D eigenvalue weighted by Gasteiger charge is -2.21. The molecule has 0 radical (unpaired) electrons. The Morgan fingerprint density at radius 2 is 2.25 bits per heavy atom. The number of amides is 1.